The van der Waals surface area contributed by atoms with Gasteiger partial charge in [-0.15, -0.1) is 0 Å². The Kier molecular flexibility index (Phi) is 4.35. The van der Waals surface area contributed by atoms with E-state index in [0.29, 0.717) is 20.4 Å². The SMILES string of the molecule is O=P(O)(O)OP(=O)(O)Oc1c[nH]c2cc(Cl)c(Br)cc12. The molecule has 2 aromatic rings. The van der Waals surface area contributed by atoms with Gasteiger partial charge in [0.2, 0.25) is 0 Å². The van der Waals surface area contributed by atoms with Crippen LogP contribution < -0.4 is 4.52 Å². The molecule has 1 heterocycles. The minimum atomic E-state index is -5.16. The number of nitrogens with one attached hydrogen (secondary N) is 1. The molecule has 0 fully saturated rings. The molecule has 0 aliphatic carbocycles. The van der Waals surface area contributed by atoms with Gasteiger partial charge >= 0.3 is 15.6 Å². The first-order chi connectivity index (χ1) is 9.07. The second-order valence-electron chi connectivity index (χ2n) is 3.60. The van der Waals surface area contributed by atoms with Crippen molar-refractivity contribution in [1.29, 1.82) is 0 Å². The van der Waals surface area contributed by atoms with E-state index < -0.39 is 15.6 Å². The Bertz CT molecular complexity index is 757. The molecule has 12 heteroatoms. The number of fused-ring (bicyclic) bond motifs is 1. The van der Waals surface area contributed by atoms with Gasteiger partial charge in [0, 0.05) is 16.1 Å². The molecule has 1 aromatic heterocycles. The van der Waals surface area contributed by atoms with E-state index in [4.69, 9.17) is 21.4 Å². The predicted octanol–water partition coefficient (Wildman–Crippen LogP) is 3.17. The number of aromatic nitrogens is 1. The Balaban J connectivity index is 2.37. The van der Waals surface area contributed by atoms with E-state index >= 15 is 0 Å². The zero-order chi connectivity index (χ0) is 15.1. The van der Waals surface area contributed by atoms with Crippen molar-refractivity contribution in [2.45, 2.75) is 0 Å². The highest BCUT2D eigenvalue weighted by molar-refractivity contribution is 9.10. The highest BCUT2D eigenvalue weighted by Gasteiger charge is 2.34. The van der Waals surface area contributed by atoms with Crippen molar-refractivity contribution in [1.82, 2.24) is 4.98 Å². The van der Waals surface area contributed by atoms with E-state index in [-0.39, 0.29) is 5.75 Å². The maximum absolute atomic E-state index is 11.5. The van der Waals surface area contributed by atoms with Crippen LogP contribution in [0.4, 0.5) is 0 Å². The monoisotopic (exact) mass is 405 g/mol. The lowest BCUT2D eigenvalue weighted by Gasteiger charge is -2.12. The molecule has 0 saturated carbocycles. The average Bonchev–Trinajstić information content (AvgIpc) is 2.58. The standard InChI is InChI=1S/C8H7BrClNO7P2/c9-5-1-4-7(2-6(5)10)11-3-8(4)17-20(15,16)18-19(12,13)14/h1-3,11H,(H,15,16)(H2,12,13,14). The summed E-state index contributed by atoms with van der Waals surface area (Å²) >= 11 is 9.05. The van der Waals surface area contributed by atoms with Crippen LogP contribution in [0.3, 0.4) is 0 Å². The van der Waals surface area contributed by atoms with Gasteiger partial charge < -0.3 is 19.3 Å². The molecule has 2 rings (SSSR count). The molecule has 0 radical (unpaired) electrons. The van der Waals surface area contributed by atoms with Crippen LogP contribution in [0.2, 0.25) is 5.02 Å². The second-order valence-corrected chi connectivity index (χ2v) is 7.61. The number of phosphoric ester groups is 1. The zero-order valence-corrected chi connectivity index (χ0v) is 13.5. The first-order valence-electron chi connectivity index (χ1n) is 4.83. The average molecular weight is 406 g/mol. The van der Waals surface area contributed by atoms with Crippen LogP contribution in [0.1, 0.15) is 0 Å². The van der Waals surface area contributed by atoms with E-state index in [1.807, 2.05) is 0 Å². The van der Waals surface area contributed by atoms with E-state index in [0.717, 1.165) is 0 Å². The molecule has 0 bridgehead atoms. The Morgan fingerprint density at radius 1 is 1.25 bits per heavy atom. The molecule has 0 spiro atoms. The fraction of sp³-hybridized carbons (Fsp3) is 0. The van der Waals surface area contributed by atoms with Gasteiger partial charge in [-0.25, -0.2) is 9.13 Å². The fourth-order valence-corrected chi connectivity index (χ4v) is 3.56. The minimum Gasteiger partial charge on any atom is -0.402 e. The molecule has 4 N–H and O–H groups in total. The van der Waals surface area contributed by atoms with Gasteiger partial charge in [0.1, 0.15) is 0 Å². The summed E-state index contributed by atoms with van der Waals surface area (Å²) in [5.74, 6) is -0.114. The van der Waals surface area contributed by atoms with Gasteiger partial charge in [0.05, 0.1) is 10.5 Å². The second kappa shape index (κ2) is 5.44. The van der Waals surface area contributed by atoms with Crippen molar-refractivity contribution in [3.63, 3.8) is 0 Å². The molecule has 1 aromatic carbocycles. The fourth-order valence-electron chi connectivity index (χ4n) is 1.44. The summed E-state index contributed by atoms with van der Waals surface area (Å²) in [4.78, 5) is 29.0. The molecule has 8 nitrogen and oxygen atoms in total. The molecule has 0 saturated heterocycles. The van der Waals surface area contributed by atoms with Gasteiger partial charge in [-0.1, -0.05) is 11.6 Å². The third-order valence-electron chi connectivity index (χ3n) is 2.11. The van der Waals surface area contributed by atoms with Crippen molar-refractivity contribution in [3.8, 4) is 5.75 Å². The summed E-state index contributed by atoms with van der Waals surface area (Å²) in [6.45, 7) is 0. The highest BCUT2D eigenvalue weighted by Crippen LogP contribution is 2.57. The Morgan fingerprint density at radius 3 is 2.50 bits per heavy atom. The zero-order valence-electron chi connectivity index (χ0n) is 9.36. The summed E-state index contributed by atoms with van der Waals surface area (Å²) < 4.78 is 30.9. The Hall–Kier alpha value is -0.370. The maximum Gasteiger partial charge on any atom is 0.536 e. The molecule has 0 aliphatic rings. The largest absolute Gasteiger partial charge is 0.536 e. The molecule has 1 atom stereocenters. The van der Waals surface area contributed by atoms with Crippen LogP contribution in [-0.4, -0.2) is 19.7 Å². The van der Waals surface area contributed by atoms with Gasteiger partial charge in [-0.05, 0) is 28.1 Å². The molecular formula is C8H7BrClNO7P2. The smallest absolute Gasteiger partial charge is 0.402 e. The number of aromatic amines is 1. The number of phosphoric acid groups is 2. The Morgan fingerprint density at radius 2 is 1.90 bits per heavy atom. The van der Waals surface area contributed by atoms with Gasteiger partial charge in [0.15, 0.2) is 5.75 Å². The van der Waals surface area contributed by atoms with Crippen molar-refractivity contribution in [3.05, 3.63) is 27.8 Å². The quantitative estimate of drug-likeness (QED) is 0.574. The van der Waals surface area contributed by atoms with Crippen LogP contribution in [0.15, 0.2) is 22.8 Å². The third kappa shape index (κ3) is 3.84. The van der Waals surface area contributed by atoms with E-state index in [9.17, 15) is 14.0 Å². The lowest BCUT2D eigenvalue weighted by atomic mass is 10.2. The van der Waals surface area contributed by atoms with Gasteiger partial charge in [-0.2, -0.15) is 4.31 Å². The molecule has 1 unspecified atom stereocenters. The normalized spacial score (nSPS) is 15.2. The topological polar surface area (TPSA) is 129 Å². The van der Waals surface area contributed by atoms with Crippen LogP contribution in [0.25, 0.3) is 10.9 Å². The van der Waals surface area contributed by atoms with Gasteiger partial charge in [-0.3, -0.25) is 4.89 Å². The molecule has 110 valence electrons. The Labute approximate surface area is 125 Å². The van der Waals surface area contributed by atoms with Crippen LogP contribution >= 0.6 is 43.2 Å². The molecule has 20 heavy (non-hydrogen) atoms. The molecular weight excluding hydrogens is 399 g/mol. The summed E-state index contributed by atoms with van der Waals surface area (Å²) in [5.41, 5.74) is 0.504. The first kappa shape index (κ1) is 16.0. The van der Waals surface area contributed by atoms with Crippen LogP contribution in [0.5, 0.6) is 5.75 Å². The van der Waals surface area contributed by atoms with Crippen molar-refractivity contribution in [2.75, 3.05) is 0 Å². The summed E-state index contributed by atoms with van der Waals surface area (Å²) in [6, 6.07) is 3.06. The number of hydrogen-bond donors (Lipinski definition) is 4. The summed E-state index contributed by atoms with van der Waals surface area (Å²) in [7, 11) is -10.1. The lowest BCUT2D eigenvalue weighted by molar-refractivity contribution is 0.230. The summed E-state index contributed by atoms with van der Waals surface area (Å²) in [6.07, 6.45) is 1.24. The highest BCUT2D eigenvalue weighted by atomic mass is 79.9. The lowest BCUT2D eigenvalue weighted by Crippen LogP contribution is -1.95. The number of H-pyrrole nitrogens is 1. The van der Waals surface area contributed by atoms with E-state index in [1.165, 1.54) is 12.3 Å². The maximum atomic E-state index is 11.5. The minimum absolute atomic E-state index is 0.114. The van der Waals surface area contributed by atoms with E-state index in [1.54, 1.807) is 6.07 Å². The van der Waals surface area contributed by atoms with Gasteiger partial charge in [0.25, 0.3) is 0 Å². The van der Waals surface area contributed by atoms with Crippen molar-refractivity contribution < 1.29 is 32.6 Å². The number of hydrogen-bond acceptors (Lipinski definition) is 4. The number of benzene rings is 1. The molecule has 0 amide bonds. The number of rotatable bonds is 4. The van der Waals surface area contributed by atoms with Crippen molar-refractivity contribution in [2.24, 2.45) is 0 Å². The predicted molar refractivity (Wildman–Crippen MR) is 74.6 cm³/mol. The van der Waals surface area contributed by atoms with E-state index in [2.05, 4.69) is 29.7 Å². The third-order valence-corrected chi connectivity index (χ3v) is 5.41. The summed E-state index contributed by atoms with van der Waals surface area (Å²) in [5, 5.41) is 0.786. The van der Waals surface area contributed by atoms with Crippen LogP contribution in [-0.2, 0) is 13.4 Å². The molecule has 0 aliphatic heterocycles. The first-order valence-corrected chi connectivity index (χ1v) is 9.02. The van der Waals surface area contributed by atoms with Crippen LogP contribution in [0, 0.1) is 0 Å². The van der Waals surface area contributed by atoms with Crippen molar-refractivity contribution >= 4 is 54.1 Å². The number of halogens is 2.